The van der Waals surface area contributed by atoms with E-state index in [1.165, 1.54) is 17.1 Å². The van der Waals surface area contributed by atoms with Crippen LogP contribution in [0.2, 0.25) is 0 Å². The quantitative estimate of drug-likeness (QED) is 0.720. The first-order valence-corrected chi connectivity index (χ1v) is 8.16. The van der Waals surface area contributed by atoms with E-state index in [1.807, 2.05) is 18.3 Å². The van der Waals surface area contributed by atoms with Gasteiger partial charge < -0.3 is 4.74 Å². The zero-order valence-electron chi connectivity index (χ0n) is 13.4. The predicted octanol–water partition coefficient (Wildman–Crippen LogP) is 3.05. The van der Waals surface area contributed by atoms with E-state index in [2.05, 4.69) is 52.8 Å². The molecule has 0 fully saturated rings. The van der Waals surface area contributed by atoms with Crippen molar-refractivity contribution in [1.82, 2.24) is 24.6 Å². The molecule has 120 valence electrons. The molecular weight excluding hydrogens is 310 g/mol. The Balaban J connectivity index is 1.57. The summed E-state index contributed by atoms with van der Waals surface area (Å²) in [6.07, 6.45) is 3.61. The smallest absolute Gasteiger partial charge is 0.134 e. The van der Waals surface area contributed by atoms with E-state index in [-0.39, 0.29) is 5.41 Å². The molecule has 0 atom stereocenters. The van der Waals surface area contributed by atoms with Gasteiger partial charge in [0.05, 0.1) is 23.8 Å². The SMILES string of the molecule is CC(C)(C)c1ccc(OCc2cn(Cc3cnns3)nn2)cc1. The highest BCUT2D eigenvalue weighted by atomic mass is 32.1. The van der Waals surface area contributed by atoms with Crippen LogP contribution in [0.3, 0.4) is 0 Å². The van der Waals surface area contributed by atoms with Gasteiger partial charge in [0.2, 0.25) is 0 Å². The Morgan fingerprint density at radius 1 is 1.17 bits per heavy atom. The Kier molecular flexibility index (Phi) is 4.38. The second kappa shape index (κ2) is 6.45. The summed E-state index contributed by atoms with van der Waals surface area (Å²) in [4.78, 5) is 1.04. The molecule has 0 saturated carbocycles. The molecule has 2 aromatic heterocycles. The molecule has 3 rings (SSSR count). The molecule has 0 N–H and O–H groups in total. The van der Waals surface area contributed by atoms with Gasteiger partial charge >= 0.3 is 0 Å². The highest BCUT2D eigenvalue weighted by Crippen LogP contribution is 2.24. The Morgan fingerprint density at radius 2 is 1.96 bits per heavy atom. The Bertz CT molecular complexity index is 744. The number of ether oxygens (including phenoxy) is 1. The van der Waals surface area contributed by atoms with Gasteiger partial charge in [-0.05, 0) is 34.6 Å². The molecule has 1 aromatic carbocycles. The second-order valence-corrected chi connectivity index (χ2v) is 7.22. The summed E-state index contributed by atoms with van der Waals surface area (Å²) in [5.41, 5.74) is 2.23. The van der Waals surface area contributed by atoms with E-state index in [0.717, 1.165) is 16.3 Å². The fourth-order valence-electron chi connectivity index (χ4n) is 2.11. The van der Waals surface area contributed by atoms with Crippen molar-refractivity contribution in [2.45, 2.75) is 39.3 Å². The fraction of sp³-hybridized carbons (Fsp3) is 0.375. The zero-order valence-corrected chi connectivity index (χ0v) is 14.2. The highest BCUT2D eigenvalue weighted by molar-refractivity contribution is 7.05. The lowest BCUT2D eigenvalue weighted by Crippen LogP contribution is -2.10. The maximum Gasteiger partial charge on any atom is 0.134 e. The van der Waals surface area contributed by atoms with Crippen molar-refractivity contribution in [2.24, 2.45) is 0 Å². The number of hydrogen-bond acceptors (Lipinski definition) is 6. The topological polar surface area (TPSA) is 65.7 Å². The average molecular weight is 329 g/mol. The van der Waals surface area contributed by atoms with Crippen LogP contribution in [0.15, 0.2) is 36.7 Å². The molecule has 0 aliphatic carbocycles. The molecular formula is C16H19N5OS. The molecule has 3 aromatic rings. The molecule has 0 saturated heterocycles. The van der Waals surface area contributed by atoms with Gasteiger partial charge in [-0.2, -0.15) is 0 Å². The molecule has 0 spiro atoms. The lowest BCUT2D eigenvalue weighted by Gasteiger charge is -2.19. The van der Waals surface area contributed by atoms with Crippen LogP contribution in [-0.2, 0) is 18.6 Å². The summed E-state index contributed by atoms with van der Waals surface area (Å²) < 4.78 is 11.4. The van der Waals surface area contributed by atoms with Crippen molar-refractivity contribution in [1.29, 1.82) is 0 Å². The maximum absolute atomic E-state index is 5.77. The lowest BCUT2D eigenvalue weighted by atomic mass is 9.87. The Hall–Kier alpha value is -2.28. The van der Waals surface area contributed by atoms with Gasteiger partial charge in [0.15, 0.2) is 0 Å². The van der Waals surface area contributed by atoms with E-state index in [4.69, 9.17) is 4.74 Å². The van der Waals surface area contributed by atoms with E-state index in [0.29, 0.717) is 13.2 Å². The summed E-state index contributed by atoms with van der Waals surface area (Å²) in [7, 11) is 0. The Morgan fingerprint density at radius 3 is 2.61 bits per heavy atom. The van der Waals surface area contributed by atoms with Crippen LogP contribution >= 0.6 is 11.5 Å². The normalized spacial score (nSPS) is 11.6. The molecule has 0 aliphatic rings. The Labute approximate surface area is 139 Å². The van der Waals surface area contributed by atoms with Gasteiger partial charge in [-0.25, -0.2) is 4.68 Å². The lowest BCUT2D eigenvalue weighted by molar-refractivity contribution is 0.301. The van der Waals surface area contributed by atoms with Gasteiger partial charge in [-0.1, -0.05) is 42.6 Å². The zero-order chi connectivity index (χ0) is 16.3. The molecule has 0 radical (unpaired) electrons. The van der Waals surface area contributed by atoms with Gasteiger partial charge in [0, 0.05) is 0 Å². The first kappa shape index (κ1) is 15.6. The largest absolute Gasteiger partial charge is 0.487 e. The summed E-state index contributed by atoms with van der Waals surface area (Å²) in [6.45, 7) is 7.61. The molecule has 0 bridgehead atoms. The molecule has 0 unspecified atom stereocenters. The molecule has 23 heavy (non-hydrogen) atoms. The van der Waals surface area contributed by atoms with Crippen LogP contribution in [0.25, 0.3) is 0 Å². The molecule has 7 heteroatoms. The van der Waals surface area contributed by atoms with Crippen molar-refractivity contribution in [3.63, 3.8) is 0 Å². The van der Waals surface area contributed by atoms with Gasteiger partial charge in [0.1, 0.15) is 18.1 Å². The van der Waals surface area contributed by atoms with Crippen molar-refractivity contribution in [3.8, 4) is 5.75 Å². The highest BCUT2D eigenvalue weighted by Gasteiger charge is 2.13. The number of rotatable bonds is 5. The number of aromatic nitrogens is 5. The van der Waals surface area contributed by atoms with Crippen LogP contribution < -0.4 is 4.74 Å². The van der Waals surface area contributed by atoms with Gasteiger partial charge in [-0.15, -0.1) is 10.2 Å². The molecule has 2 heterocycles. The minimum atomic E-state index is 0.146. The predicted molar refractivity (Wildman–Crippen MR) is 88.5 cm³/mol. The summed E-state index contributed by atoms with van der Waals surface area (Å²) in [6, 6.07) is 8.19. The van der Waals surface area contributed by atoms with E-state index < -0.39 is 0 Å². The van der Waals surface area contributed by atoms with Crippen LogP contribution in [0.5, 0.6) is 5.75 Å². The molecule has 0 aliphatic heterocycles. The van der Waals surface area contributed by atoms with E-state index in [1.54, 1.807) is 10.9 Å². The van der Waals surface area contributed by atoms with Gasteiger partial charge in [0.25, 0.3) is 0 Å². The third kappa shape index (κ3) is 4.13. The van der Waals surface area contributed by atoms with Crippen LogP contribution in [0.1, 0.15) is 36.9 Å². The monoisotopic (exact) mass is 329 g/mol. The first-order valence-electron chi connectivity index (χ1n) is 7.39. The average Bonchev–Trinajstić information content (AvgIpc) is 3.17. The standard InChI is InChI=1S/C16H19N5OS/c1-16(2,3)12-4-6-14(7-5-12)22-11-13-9-21(19-18-13)10-15-8-17-20-23-15/h4-9H,10-11H2,1-3H3. The minimum Gasteiger partial charge on any atom is -0.487 e. The summed E-state index contributed by atoms with van der Waals surface area (Å²) >= 11 is 1.36. The first-order chi connectivity index (χ1) is 11.0. The fourth-order valence-corrected chi connectivity index (χ4v) is 2.59. The summed E-state index contributed by atoms with van der Waals surface area (Å²) in [5, 5.41) is 12.0. The maximum atomic E-state index is 5.77. The summed E-state index contributed by atoms with van der Waals surface area (Å²) in [5.74, 6) is 0.833. The second-order valence-electron chi connectivity index (χ2n) is 6.35. The van der Waals surface area contributed by atoms with Gasteiger partial charge in [-0.3, -0.25) is 0 Å². The van der Waals surface area contributed by atoms with E-state index >= 15 is 0 Å². The van der Waals surface area contributed by atoms with Crippen LogP contribution in [-0.4, -0.2) is 24.6 Å². The van der Waals surface area contributed by atoms with Crippen molar-refractivity contribution >= 4 is 11.5 Å². The molecule has 6 nitrogen and oxygen atoms in total. The third-order valence-corrected chi connectivity index (χ3v) is 4.06. The van der Waals surface area contributed by atoms with Crippen LogP contribution in [0.4, 0.5) is 0 Å². The van der Waals surface area contributed by atoms with Crippen molar-refractivity contribution in [3.05, 3.63) is 52.8 Å². The van der Waals surface area contributed by atoms with Crippen molar-refractivity contribution in [2.75, 3.05) is 0 Å². The third-order valence-electron chi connectivity index (χ3n) is 3.42. The number of benzene rings is 1. The molecule has 0 amide bonds. The minimum absolute atomic E-state index is 0.146. The van der Waals surface area contributed by atoms with Crippen molar-refractivity contribution < 1.29 is 4.74 Å². The number of hydrogen-bond donors (Lipinski definition) is 0. The van der Waals surface area contributed by atoms with E-state index in [9.17, 15) is 0 Å². The van der Waals surface area contributed by atoms with Crippen LogP contribution in [0, 0.1) is 0 Å². The number of nitrogens with zero attached hydrogens (tertiary/aromatic N) is 5.